The second kappa shape index (κ2) is 8.73. The van der Waals surface area contributed by atoms with Gasteiger partial charge in [-0.25, -0.2) is 0 Å². The van der Waals surface area contributed by atoms with Crippen LogP contribution in [-0.2, 0) is 22.6 Å². The molecule has 120 valence electrons. The lowest BCUT2D eigenvalue weighted by Crippen LogP contribution is -2.36. The molecule has 0 heterocycles. The molecule has 2 rings (SSSR count). The molecular formula is C19H22N2O2. The molecule has 4 nitrogen and oxygen atoms in total. The van der Waals surface area contributed by atoms with E-state index in [2.05, 4.69) is 10.6 Å². The summed E-state index contributed by atoms with van der Waals surface area (Å²) in [6.07, 6.45) is 1.06. The number of carbonyl (C=O) groups excluding carboxylic acids is 2. The second-order valence-electron chi connectivity index (χ2n) is 5.52. The van der Waals surface area contributed by atoms with Gasteiger partial charge in [0.25, 0.3) is 0 Å². The minimum atomic E-state index is -0.182. The van der Waals surface area contributed by atoms with E-state index in [-0.39, 0.29) is 18.4 Å². The van der Waals surface area contributed by atoms with Crippen LogP contribution in [0.15, 0.2) is 54.6 Å². The lowest BCUT2D eigenvalue weighted by atomic mass is 10.1. The summed E-state index contributed by atoms with van der Waals surface area (Å²) < 4.78 is 0. The molecular weight excluding hydrogens is 288 g/mol. The van der Waals surface area contributed by atoms with E-state index < -0.39 is 0 Å². The van der Waals surface area contributed by atoms with E-state index in [1.54, 1.807) is 0 Å². The number of nitrogens with one attached hydrogen (secondary N) is 2. The quantitative estimate of drug-likeness (QED) is 0.825. The van der Waals surface area contributed by atoms with Crippen LogP contribution >= 0.6 is 0 Å². The first-order chi connectivity index (χ1) is 11.1. The summed E-state index contributed by atoms with van der Waals surface area (Å²) in [7, 11) is 0. The molecule has 0 aliphatic heterocycles. The van der Waals surface area contributed by atoms with E-state index in [0.29, 0.717) is 19.4 Å². The van der Waals surface area contributed by atoms with E-state index >= 15 is 0 Å². The van der Waals surface area contributed by atoms with Crippen molar-refractivity contribution in [1.29, 1.82) is 0 Å². The highest BCUT2D eigenvalue weighted by molar-refractivity contribution is 5.84. The minimum Gasteiger partial charge on any atom is -0.350 e. The van der Waals surface area contributed by atoms with Gasteiger partial charge in [-0.15, -0.1) is 0 Å². The molecule has 4 heteroatoms. The van der Waals surface area contributed by atoms with Crippen molar-refractivity contribution in [3.05, 3.63) is 71.3 Å². The Bertz CT molecular complexity index is 636. The highest BCUT2D eigenvalue weighted by Crippen LogP contribution is 2.03. The van der Waals surface area contributed by atoms with Gasteiger partial charge in [-0.1, -0.05) is 60.2 Å². The van der Waals surface area contributed by atoms with E-state index in [9.17, 15) is 9.59 Å². The van der Waals surface area contributed by atoms with Crippen LogP contribution in [0.5, 0.6) is 0 Å². The predicted octanol–water partition coefficient (Wildman–Crippen LogP) is 2.36. The number of rotatable bonds is 7. The molecule has 0 unspecified atom stereocenters. The second-order valence-corrected chi connectivity index (χ2v) is 5.52. The molecule has 0 radical (unpaired) electrons. The van der Waals surface area contributed by atoms with E-state index in [1.807, 2.05) is 61.5 Å². The number of carbonyl (C=O) groups is 2. The predicted molar refractivity (Wildman–Crippen MR) is 90.8 cm³/mol. The van der Waals surface area contributed by atoms with Crippen LogP contribution in [0.25, 0.3) is 0 Å². The fourth-order valence-electron chi connectivity index (χ4n) is 2.14. The summed E-state index contributed by atoms with van der Waals surface area (Å²) >= 11 is 0. The third kappa shape index (κ3) is 6.34. The lowest BCUT2D eigenvalue weighted by Gasteiger charge is -2.07. The molecule has 2 aromatic rings. The topological polar surface area (TPSA) is 58.2 Å². The van der Waals surface area contributed by atoms with Gasteiger partial charge in [0.1, 0.15) is 0 Å². The Hall–Kier alpha value is -2.62. The van der Waals surface area contributed by atoms with Crippen molar-refractivity contribution >= 4 is 11.8 Å². The van der Waals surface area contributed by atoms with E-state index in [1.165, 1.54) is 5.56 Å². The van der Waals surface area contributed by atoms with Crippen LogP contribution in [-0.4, -0.2) is 18.4 Å². The van der Waals surface area contributed by atoms with Crippen molar-refractivity contribution in [2.24, 2.45) is 0 Å². The van der Waals surface area contributed by atoms with Crippen LogP contribution in [0.4, 0.5) is 0 Å². The third-order valence-electron chi connectivity index (χ3n) is 3.54. The van der Waals surface area contributed by atoms with Gasteiger partial charge in [-0.3, -0.25) is 9.59 Å². The molecule has 0 spiro atoms. The zero-order valence-corrected chi connectivity index (χ0v) is 13.3. The number of hydrogen-bond acceptors (Lipinski definition) is 2. The van der Waals surface area contributed by atoms with Crippen molar-refractivity contribution in [2.75, 3.05) is 6.54 Å². The monoisotopic (exact) mass is 310 g/mol. The van der Waals surface area contributed by atoms with Gasteiger partial charge >= 0.3 is 0 Å². The van der Waals surface area contributed by atoms with Crippen LogP contribution < -0.4 is 10.6 Å². The largest absolute Gasteiger partial charge is 0.350 e. The molecule has 23 heavy (non-hydrogen) atoms. The fraction of sp³-hybridized carbons (Fsp3) is 0.263. The maximum atomic E-state index is 11.7. The molecule has 0 bridgehead atoms. The van der Waals surface area contributed by atoms with Crippen LogP contribution in [0.2, 0.25) is 0 Å². The Balaban J connectivity index is 1.63. The summed E-state index contributed by atoms with van der Waals surface area (Å²) in [6, 6.07) is 17.8. The first kappa shape index (κ1) is 16.7. The zero-order valence-electron chi connectivity index (χ0n) is 13.3. The SMILES string of the molecule is Cc1ccc(CNC(=O)CNC(=O)CCc2ccccc2)cc1. The number of amides is 2. The first-order valence-corrected chi connectivity index (χ1v) is 7.76. The highest BCUT2D eigenvalue weighted by atomic mass is 16.2. The lowest BCUT2D eigenvalue weighted by molar-refractivity contribution is -0.126. The average Bonchev–Trinajstić information content (AvgIpc) is 2.58. The summed E-state index contributed by atoms with van der Waals surface area (Å²) in [5, 5.41) is 5.44. The summed E-state index contributed by atoms with van der Waals surface area (Å²) in [5.74, 6) is -0.294. The first-order valence-electron chi connectivity index (χ1n) is 7.76. The van der Waals surface area contributed by atoms with Crippen LogP contribution in [0.1, 0.15) is 23.1 Å². The molecule has 2 amide bonds. The van der Waals surface area contributed by atoms with E-state index in [4.69, 9.17) is 0 Å². The molecule has 0 aliphatic rings. The molecule has 0 aromatic heterocycles. The van der Waals surface area contributed by atoms with Gasteiger partial charge in [0.05, 0.1) is 6.54 Å². The van der Waals surface area contributed by atoms with Gasteiger partial charge in [0.2, 0.25) is 11.8 Å². The Labute approximate surface area is 136 Å². The Morgan fingerprint density at radius 1 is 0.826 bits per heavy atom. The summed E-state index contributed by atoms with van der Waals surface area (Å²) in [5.41, 5.74) is 3.34. The Morgan fingerprint density at radius 3 is 2.22 bits per heavy atom. The molecule has 0 atom stereocenters. The Kier molecular flexibility index (Phi) is 6.36. The third-order valence-corrected chi connectivity index (χ3v) is 3.54. The van der Waals surface area contributed by atoms with Crippen molar-refractivity contribution < 1.29 is 9.59 Å². The maximum Gasteiger partial charge on any atom is 0.239 e. The van der Waals surface area contributed by atoms with Crippen molar-refractivity contribution in [2.45, 2.75) is 26.3 Å². The molecule has 0 saturated heterocycles. The summed E-state index contributed by atoms with van der Waals surface area (Å²) in [4.78, 5) is 23.5. The molecule has 2 aromatic carbocycles. The standard InChI is InChI=1S/C19H22N2O2/c1-15-7-9-17(10-8-15)13-20-19(23)14-21-18(22)12-11-16-5-3-2-4-6-16/h2-10H,11-14H2,1H3,(H,20,23)(H,21,22). The van der Waals surface area contributed by atoms with Gasteiger partial charge in [-0.2, -0.15) is 0 Å². The molecule has 0 saturated carbocycles. The number of hydrogen-bond donors (Lipinski definition) is 2. The molecule has 0 fully saturated rings. The van der Waals surface area contributed by atoms with Crippen LogP contribution in [0.3, 0.4) is 0 Å². The summed E-state index contributed by atoms with van der Waals surface area (Å²) in [6.45, 7) is 2.51. The van der Waals surface area contributed by atoms with Crippen molar-refractivity contribution in [1.82, 2.24) is 10.6 Å². The number of benzene rings is 2. The number of aryl methyl sites for hydroxylation is 2. The fourth-order valence-corrected chi connectivity index (χ4v) is 2.14. The smallest absolute Gasteiger partial charge is 0.239 e. The van der Waals surface area contributed by atoms with Gasteiger partial charge < -0.3 is 10.6 Å². The zero-order chi connectivity index (χ0) is 16.5. The van der Waals surface area contributed by atoms with E-state index in [0.717, 1.165) is 11.1 Å². The van der Waals surface area contributed by atoms with Gasteiger partial charge in [0, 0.05) is 13.0 Å². The van der Waals surface area contributed by atoms with Gasteiger partial charge in [0.15, 0.2) is 0 Å². The van der Waals surface area contributed by atoms with Crippen molar-refractivity contribution in [3.63, 3.8) is 0 Å². The normalized spacial score (nSPS) is 10.1. The molecule has 2 N–H and O–H groups in total. The molecule has 0 aliphatic carbocycles. The van der Waals surface area contributed by atoms with Crippen LogP contribution in [0, 0.1) is 6.92 Å². The van der Waals surface area contributed by atoms with Crippen molar-refractivity contribution in [3.8, 4) is 0 Å². The maximum absolute atomic E-state index is 11.7. The van der Waals surface area contributed by atoms with Gasteiger partial charge in [-0.05, 0) is 24.5 Å². The Morgan fingerprint density at radius 2 is 1.52 bits per heavy atom. The minimum absolute atomic E-state index is 0.0134. The average molecular weight is 310 g/mol. The highest BCUT2D eigenvalue weighted by Gasteiger charge is 2.05.